The Bertz CT molecular complexity index is 662. The van der Waals surface area contributed by atoms with Crippen molar-refractivity contribution in [2.24, 2.45) is 17.3 Å². The molecule has 4 unspecified atom stereocenters. The first kappa shape index (κ1) is 17.3. The summed E-state index contributed by atoms with van der Waals surface area (Å²) >= 11 is 0. The minimum absolute atomic E-state index is 0.0668. The summed E-state index contributed by atoms with van der Waals surface area (Å²) in [6.07, 6.45) is 12.0. The zero-order valence-corrected chi connectivity index (χ0v) is 16.5. The average Bonchev–Trinajstić information content (AvgIpc) is 2.98. The molecule has 0 aromatic heterocycles. The topological polar surface area (TPSA) is 18.5 Å². The normalized spacial score (nSPS) is 42.0. The van der Waals surface area contributed by atoms with Crippen LogP contribution < -0.4 is 0 Å². The molecule has 1 heterocycles. The predicted octanol–water partition coefficient (Wildman–Crippen LogP) is 5.76. The van der Waals surface area contributed by atoms with Crippen LogP contribution in [0.1, 0.15) is 80.9 Å². The van der Waals surface area contributed by atoms with Gasteiger partial charge in [-0.3, -0.25) is 0 Å². The van der Waals surface area contributed by atoms with Crippen molar-refractivity contribution in [3.8, 4) is 0 Å². The van der Waals surface area contributed by atoms with Crippen LogP contribution in [0, 0.1) is 24.2 Å². The number of hydrogen-bond donors (Lipinski definition) is 0. The lowest BCUT2D eigenvalue weighted by Gasteiger charge is -2.51. The molecule has 3 aliphatic carbocycles. The minimum atomic E-state index is 0.0668. The molecule has 0 bridgehead atoms. The van der Waals surface area contributed by atoms with E-state index in [0.29, 0.717) is 11.5 Å². The van der Waals surface area contributed by atoms with Gasteiger partial charge in [0, 0.05) is 6.61 Å². The molecule has 1 aromatic carbocycles. The van der Waals surface area contributed by atoms with Crippen molar-refractivity contribution in [1.29, 1.82) is 0 Å². The van der Waals surface area contributed by atoms with E-state index in [1.54, 1.807) is 11.1 Å². The third kappa shape index (κ3) is 2.76. The first-order chi connectivity index (χ1) is 12.6. The highest BCUT2D eigenvalue weighted by molar-refractivity contribution is 5.37. The van der Waals surface area contributed by atoms with Crippen LogP contribution in [-0.2, 0) is 15.9 Å². The van der Waals surface area contributed by atoms with E-state index >= 15 is 0 Å². The van der Waals surface area contributed by atoms with Gasteiger partial charge in [-0.25, -0.2) is 0 Å². The van der Waals surface area contributed by atoms with Gasteiger partial charge >= 0.3 is 0 Å². The molecular weight excluding hydrogens is 320 g/mol. The lowest BCUT2D eigenvalue weighted by atomic mass is 9.55. The summed E-state index contributed by atoms with van der Waals surface area (Å²) in [5, 5.41) is 0. The molecule has 1 saturated heterocycles. The summed E-state index contributed by atoms with van der Waals surface area (Å²) in [7, 11) is 0. The highest BCUT2D eigenvalue weighted by Crippen LogP contribution is 2.61. The second kappa shape index (κ2) is 6.63. The van der Waals surface area contributed by atoms with Crippen LogP contribution in [0.4, 0.5) is 0 Å². The maximum absolute atomic E-state index is 6.57. The van der Waals surface area contributed by atoms with E-state index in [1.807, 2.05) is 0 Å². The van der Waals surface area contributed by atoms with Gasteiger partial charge in [0.2, 0.25) is 0 Å². The highest BCUT2D eigenvalue weighted by atomic mass is 16.7. The number of ether oxygens (including phenoxy) is 2. The van der Waals surface area contributed by atoms with Crippen LogP contribution in [0.25, 0.3) is 0 Å². The fourth-order valence-electron chi connectivity index (χ4n) is 6.89. The second-order valence-electron chi connectivity index (χ2n) is 9.66. The lowest BCUT2D eigenvalue weighted by Crippen LogP contribution is -2.46. The van der Waals surface area contributed by atoms with Crippen molar-refractivity contribution in [1.82, 2.24) is 0 Å². The quantitative estimate of drug-likeness (QED) is 0.672. The Morgan fingerprint density at radius 3 is 2.85 bits per heavy atom. The molecule has 6 atom stereocenters. The van der Waals surface area contributed by atoms with Crippen LogP contribution >= 0.6 is 0 Å². The third-order valence-corrected chi connectivity index (χ3v) is 8.25. The highest BCUT2D eigenvalue weighted by Gasteiger charge is 2.55. The van der Waals surface area contributed by atoms with Gasteiger partial charge in [-0.1, -0.05) is 30.7 Å². The molecule has 4 aliphatic rings. The van der Waals surface area contributed by atoms with Gasteiger partial charge in [0.1, 0.15) is 0 Å². The summed E-state index contributed by atoms with van der Waals surface area (Å²) in [5.74, 6) is 2.50. The van der Waals surface area contributed by atoms with Gasteiger partial charge in [-0.15, -0.1) is 0 Å². The van der Waals surface area contributed by atoms with Crippen molar-refractivity contribution in [3.63, 3.8) is 0 Å². The van der Waals surface area contributed by atoms with Crippen molar-refractivity contribution in [2.45, 2.75) is 89.9 Å². The van der Waals surface area contributed by atoms with E-state index < -0.39 is 0 Å². The Kier molecular flexibility index (Phi) is 4.40. The molecule has 0 N–H and O–H groups in total. The molecule has 0 amide bonds. The van der Waals surface area contributed by atoms with Crippen molar-refractivity contribution in [2.75, 3.05) is 6.61 Å². The first-order valence-electron chi connectivity index (χ1n) is 11.0. The summed E-state index contributed by atoms with van der Waals surface area (Å²) in [6.45, 7) is 5.66. The Balaban J connectivity index is 1.36. The van der Waals surface area contributed by atoms with Crippen LogP contribution in [-0.4, -0.2) is 19.0 Å². The Labute approximate surface area is 158 Å². The molecule has 1 aromatic rings. The van der Waals surface area contributed by atoms with Crippen molar-refractivity contribution in [3.05, 3.63) is 34.9 Å². The zero-order chi connectivity index (χ0) is 17.7. The van der Waals surface area contributed by atoms with Gasteiger partial charge < -0.3 is 9.47 Å². The number of benzene rings is 1. The molecule has 142 valence electrons. The summed E-state index contributed by atoms with van der Waals surface area (Å²) in [6, 6.07) is 7.22. The smallest absolute Gasteiger partial charge is 0.157 e. The maximum Gasteiger partial charge on any atom is 0.157 e. The molecule has 2 nitrogen and oxygen atoms in total. The summed E-state index contributed by atoms with van der Waals surface area (Å²) in [4.78, 5) is 0. The standard InChI is InChI=1S/C24H34O2/c1-16-6-8-18-17(15-16)7-9-20-19(18)12-13-24(2)21(20)10-11-22(24)26-23-5-3-4-14-25-23/h6,8,15,19-23H,3-5,7,9-14H2,1-2H3/t19?,20?,21?,22-,23?,24-/m0/s1. The van der Waals surface area contributed by atoms with Gasteiger partial charge in [-0.2, -0.15) is 0 Å². The number of hydrogen-bond acceptors (Lipinski definition) is 2. The minimum Gasteiger partial charge on any atom is -0.353 e. The van der Waals surface area contributed by atoms with E-state index in [9.17, 15) is 0 Å². The Morgan fingerprint density at radius 1 is 1.08 bits per heavy atom. The Hall–Kier alpha value is -0.860. The average molecular weight is 355 g/mol. The van der Waals surface area contributed by atoms with E-state index in [2.05, 4.69) is 32.0 Å². The monoisotopic (exact) mass is 354 g/mol. The van der Waals surface area contributed by atoms with Crippen LogP contribution in [0.3, 0.4) is 0 Å². The lowest BCUT2D eigenvalue weighted by molar-refractivity contribution is -0.212. The van der Waals surface area contributed by atoms with Gasteiger partial charge in [0.15, 0.2) is 6.29 Å². The molecule has 5 rings (SSSR count). The summed E-state index contributed by atoms with van der Waals surface area (Å²) in [5.41, 5.74) is 5.10. The molecule has 2 saturated carbocycles. The van der Waals surface area contributed by atoms with Crippen LogP contribution in [0.5, 0.6) is 0 Å². The zero-order valence-electron chi connectivity index (χ0n) is 16.5. The summed E-state index contributed by atoms with van der Waals surface area (Å²) < 4.78 is 12.5. The van der Waals surface area contributed by atoms with Gasteiger partial charge in [0.05, 0.1) is 6.10 Å². The van der Waals surface area contributed by atoms with Crippen LogP contribution in [0.2, 0.25) is 0 Å². The van der Waals surface area contributed by atoms with E-state index in [1.165, 1.54) is 56.9 Å². The van der Waals surface area contributed by atoms with Crippen LogP contribution in [0.15, 0.2) is 18.2 Å². The first-order valence-corrected chi connectivity index (χ1v) is 11.0. The second-order valence-corrected chi connectivity index (χ2v) is 9.66. The van der Waals surface area contributed by atoms with Gasteiger partial charge in [0.25, 0.3) is 0 Å². The molecule has 2 heteroatoms. The van der Waals surface area contributed by atoms with Crippen molar-refractivity contribution >= 4 is 0 Å². The van der Waals surface area contributed by atoms with Gasteiger partial charge in [-0.05, 0) is 99.0 Å². The molecule has 26 heavy (non-hydrogen) atoms. The molecular formula is C24H34O2. The molecule has 3 fully saturated rings. The SMILES string of the molecule is Cc1ccc2c(c1)CCC1C2CC[C@@]2(C)C1CC[C@@H]2OC1CCCCO1. The number of rotatable bonds is 2. The fraction of sp³-hybridized carbons (Fsp3) is 0.750. The molecule has 0 spiro atoms. The van der Waals surface area contributed by atoms with Crippen molar-refractivity contribution < 1.29 is 9.47 Å². The van der Waals surface area contributed by atoms with E-state index in [4.69, 9.17) is 9.47 Å². The largest absolute Gasteiger partial charge is 0.353 e. The van der Waals surface area contributed by atoms with E-state index in [0.717, 1.165) is 30.8 Å². The van der Waals surface area contributed by atoms with E-state index in [-0.39, 0.29) is 6.29 Å². The fourth-order valence-corrected chi connectivity index (χ4v) is 6.89. The molecule has 0 radical (unpaired) electrons. The Morgan fingerprint density at radius 2 is 2.00 bits per heavy atom. The number of aryl methyl sites for hydroxylation is 2. The molecule has 1 aliphatic heterocycles. The predicted molar refractivity (Wildman–Crippen MR) is 104 cm³/mol. The third-order valence-electron chi connectivity index (χ3n) is 8.25. The maximum atomic E-state index is 6.57. The number of fused-ring (bicyclic) bond motifs is 5.